The van der Waals surface area contributed by atoms with Crippen molar-refractivity contribution < 1.29 is 13.2 Å². The zero-order valence-corrected chi connectivity index (χ0v) is 12.5. The number of pyridine rings is 1. The lowest BCUT2D eigenvalue weighted by Crippen LogP contribution is -2.02. The van der Waals surface area contributed by atoms with Gasteiger partial charge in [-0.25, -0.2) is 8.42 Å². The Morgan fingerprint density at radius 2 is 2.05 bits per heavy atom. The lowest BCUT2D eigenvalue weighted by atomic mass is 10.2. The molecule has 0 N–H and O–H groups in total. The van der Waals surface area contributed by atoms with Crippen molar-refractivity contribution in [3.8, 4) is 5.75 Å². The number of halogens is 1. The number of ether oxygens (including phenoxy) is 1. The third-order valence-electron chi connectivity index (χ3n) is 2.80. The maximum absolute atomic E-state index is 11.6. The van der Waals surface area contributed by atoms with Gasteiger partial charge in [0.2, 0.25) is 0 Å². The van der Waals surface area contributed by atoms with E-state index in [1.165, 1.54) is 0 Å². The van der Waals surface area contributed by atoms with E-state index in [0.717, 1.165) is 17.5 Å². The van der Waals surface area contributed by atoms with Crippen LogP contribution in [0.25, 0.3) is 0 Å². The van der Waals surface area contributed by atoms with E-state index in [2.05, 4.69) is 4.98 Å². The number of aryl methyl sites for hydroxylation is 1. The first-order valence-electron chi connectivity index (χ1n) is 6.10. The lowest BCUT2D eigenvalue weighted by Gasteiger charge is -2.10. The summed E-state index contributed by atoms with van der Waals surface area (Å²) >= 11 is 0. The predicted molar refractivity (Wildman–Crippen MR) is 77.4 cm³/mol. The first-order valence-corrected chi connectivity index (χ1v) is 8.41. The number of hydrogen-bond donors (Lipinski definition) is 0. The van der Waals surface area contributed by atoms with Gasteiger partial charge in [-0.15, -0.1) is 0 Å². The SMILES string of the molecule is CCc1ccc(OCc2cccnc2)c(S(=O)(=O)Cl)c1. The Bertz CT molecular complexity index is 687. The molecule has 0 bridgehead atoms. The summed E-state index contributed by atoms with van der Waals surface area (Å²) in [6, 6.07) is 8.63. The molecule has 0 amide bonds. The minimum Gasteiger partial charge on any atom is -0.487 e. The zero-order valence-electron chi connectivity index (χ0n) is 10.9. The summed E-state index contributed by atoms with van der Waals surface area (Å²) in [6.45, 7) is 2.18. The highest BCUT2D eigenvalue weighted by molar-refractivity contribution is 8.13. The van der Waals surface area contributed by atoms with Gasteiger partial charge >= 0.3 is 0 Å². The second kappa shape index (κ2) is 6.24. The van der Waals surface area contributed by atoms with Crippen LogP contribution in [0.2, 0.25) is 0 Å². The van der Waals surface area contributed by atoms with E-state index in [-0.39, 0.29) is 17.3 Å². The standard InChI is InChI=1S/C14H14ClNO3S/c1-2-11-5-6-13(14(8-11)20(15,17)18)19-10-12-4-3-7-16-9-12/h3-9H,2,10H2,1H3. The summed E-state index contributed by atoms with van der Waals surface area (Å²) in [5.41, 5.74) is 1.74. The van der Waals surface area contributed by atoms with Crippen molar-refractivity contribution in [1.29, 1.82) is 0 Å². The monoisotopic (exact) mass is 311 g/mol. The van der Waals surface area contributed by atoms with Crippen molar-refractivity contribution in [2.75, 3.05) is 0 Å². The van der Waals surface area contributed by atoms with E-state index < -0.39 is 9.05 Å². The van der Waals surface area contributed by atoms with Crippen LogP contribution in [0.5, 0.6) is 5.75 Å². The van der Waals surface area contributed by atoms with Crippen molar-refractivity contribution in [1.82, 2.24) is 4.98 Å². The van der Waals surface area contributed by atoms with Crippen LogP contribution in [0.1, 0.15) is 18.1 Å². The fourth-order valence-electron chi connectivity index (χ4n) is 1.73. The Kier molecular flexibility index (Phi) is 4.62. The van der Waals surface area contributed by atoms with E-state index in [0.29, 0.717) is 0 Å². The van der Waals surface area contributed by atoms with Gasteiger partial charge < -0.3 is 4.74 Å². The molecule has 0 aliphatic rings. The molecule has 0 saturated carbocycles. The van der Waals surface area contributed by atoms with Crippen molar-refractivity contribution in [2.45, 2.75) is 24.8 Å². The number of aromatic nitrogens is 1. The number of benzene rings is 1. The summed E-state index contributed by atoms with van der Waals surface area (Å²) in [5.74, 6) is 0.251. The van der Waals surface area contributed by atoms with Crippen LogP contribution in [0, 0.1) is 0 Å². The first kappa shape index (κ1) is 14.8. The van der Waals surface area contributed by atoms with E-state index in [1.54, 1.807) is 30.6 Å². The van der Waals surface area contributed by atoms with Gasteiger partial charge in [0.05, 0.1) is 0 Å². The van der Waals surface area contributed by atoms with Crippen LogP contribution in [0.15, 0.2) is 47.6 Å². The van der Waals surface area contributed by atoms with Gasteiger partial charge in [-0.3, -0.25) is 4.98 Å². The van der Waals surface area contributed by atoms with E-state index in [1.807, 2.05) is 19.1 Å². The average Bonchev–Trinajstić information content (AvgIpc) is 2.45. The fraction of sp³-hybridized carbons (Fsp3) is 0.214. The molecule has 2 aromatic rings. The number of nitrogens with zero attached hydrogens (tertiary/aromatic N) is 1. The van der Waals surface area contributed by atoms with E-state index in [4.69, 9.17) is 15.4 Å². The molecule has 0 aliphatic heterocycles. The number of hydrogen-bond acceptors (Lipinski definition) is 4. The molecule has 1 aromatic carbocycles. The molecule has 6 heteroatoms. The Labute approximate surface area is 122 Å². The molecule has 20 heavy (non-hydrogen) atoms. The van der Waals surface area contributed by atoms with Crippen LogP contribution in [-0.2, 0) is 22.1 Å². The van der Waals surface area contributed by atoms with Crippen molar-refractivity contribution in [3.63, 3.8) is 0 Å². The summed E-state index contributed by atoms with van der Waals surface area (Å²) in [4.78, 5) is 3.97. The van der Waals surface area contributed by atoms with Gasteiger partial charge in [-0.2, -0.15) is 0 Å². The molecule has 0 radical (unpaired) electrons. The molecule has 0 saturated heterocycles. The van der Waals surface area contributed by atoms with Gasteiger partial charge in [-0.1, -0.05) is 19.1 Å². The minimum atomic E-state index is -3.84. The second-order valence-corrected chi connectivity index (χ2v) is 6.76. The molecule has 0 atom stereocenters. The Hall–Kier alpha value is -1.59. The average molecular weight is 312 g/mol. The lowest BCUT2D eigenvalue weighted by molar-refractivity contribution is 0.297. The van der Waals surface area contributed by atoms with Crippen molar-refractivity contribution in [2.24, 2.45) is 0 Å². The van der Waals surface area contributed by atoms with E-state index in [9.17, 15) is 8.42 Å². The second-order valence-electron chi connectivity index (χ2n) is 4.22. The van der Waals surface area contributed by atoms with Crippen LogP contribution >= 0.6 is 10.7 Å². The maximum Gasteiger partial charge on any atom is 0.264 e. The molecule has 0 spiro atoms. The molecule has 1 heterocycles. The predicted octanol–water partition coefficient (Wildman–Crippen LogP) is 3.15. The molecule has 1 aromatic heterocycles. The van der Waals surface area contributed by atoms with Gasteiger partial charge in [0, 0.05) is 28.6 Å². The molecule has 0 fully saturated rings. The van der Waals surface area contributed by atoms with Gasteiger partial charge in [-0.05, 0) is 30.2 Å². The Balaban J connectivity index is 2.27. The minimum absolute atomic E-state index is 0.00223. The summed E-state index contributed by atoms with van der Waals surface area (Å²) in [7, 11) is 1.62. The Morgan fingerprint density at radius 1 is 1.25 bits per heavy atom. The van der Waals surface area contributed by atoms with Crippen molar-refractivity contribution >= 4 is 19.7 Å². The largest absolute Gasteiger partial charge is 0.487 e. The topological polar surface area (TPSA) is 56.3 Å². The van der Waals surface area contributed by atoms with Crippen molar-refractivity contribution in [3.05, 3.63) is 53.9 Å². The molecular formula is C14H14ClNO3S. The van der Waals surface area contributed by atoms with Gasteiger partial charge in [0.1, 0.15) is 17.3 Å². The summed E-state index contributed by atoms with van der Waals surface area (Å²) in [5, 5.41) is 0. The Morgan fingerprint density at radius 3 is 2.65 bits per heavy atom. The zero-order chi connectivity index (χ0) is 14.6. The quantitative estimate of drug-likeness (QED) is 0.796. The highest BCUT2D eigenvalue weighted by Gasteiger charge is 2.17. The smallest absolute Gasteiger partial charge is 0.264 e. The molecule has 0 aliphatic carbocycles. The van der Waals surface area contributed by atoms with E-state index >= 15 is 0 Å². The van der Waals surface area contributed by atoms with Crippen LogP contribution in [0.3, 0.4) is 0 Å². The van der Waals surface area contributed by atoms with Crippen LogP contribution in [0.4, 0.5) is 0 Å². The molecule has 2 rings (SSSR count). The summed E-state index contributed by atoms with van der Waals surface area (Å²) < 4.78 is 28.8. The normalized spacial score (nSPS) is 11.3. The van der Waals surface area contributed by atoms with Gasteiger partial charge in [0.25, 0.3) is 9.05 Å². The highest BCUT2D eigenvalue weighted by atomic mass is 35.7. The number of rotatable bonds is 5. The van der Waals surface area contributed by atoms with Gasteiger partial charge in [0.15, 0.2) is 0 Å². The highest BCUT2D eigenvalue weighted by Crippen LogP contribution is 2.29. The molecule has 0 unspecified atom stereocenters. The third-order valence-corrected chi connectivity index (χ3v) is 4.14. The first-order chi connectivity index (χ1) is 9.50. The molecule has 4 nitrogen and oxygen atoms in total. The van der Waals surface area contributed by atoms with Crippen LogP contribution in [-0.4, -0.2) is 13.4 Å². The maximum atomic E-state index is 11.6. The third kappa shape index (κ3) is 3.71. The molecular weight excluding hydrogens is 298 g/mol. The molecule has 106 valence electrons. The summed E-state index contributed by atoms with van der Waals surface area (Å²) in [6.07, 6.45) is 4.05. The van der Waals surface area contributed by atoms with Crippen LogP contribution < -0.4 is 4.74 Å². The fourth-order valence-corrected chi connectivity index (χ4v) is 2.75.